The van der Waals surface area contributed by atoms with Crippen LogP contribution in [0.25, 0.3) is 5.65 Å². The van der Waals surface area contributed by atoms with Crippen molar-refractivity contribution < 1.29 is 9.15 Å². The largest absolute Gasteiger partial charge is 0.467 e. The molecular weight excluding hydrogens is 286 g/mol. The zero-order chi connectivity index (χ0) is 11.7. The molecule has 6 heteroatoms. The predicted molar refractivity (Wildman–Crippen MR) is 63.7 cm³/mol. The van der Waals surface area contributed by atoms with E-state index in [0.717, 1.165) is 5.76 Å². The summed E-state index contributed by atoms with van der Waals surface area (Å²) in [4.78, 5) is 8.43. The van der Waals surface area contributed by atoms with Crippen LogP contribution >= 0.6 is 15.9 Å². The molecule has 0 bridgehead atoms. The fraction of sp³-hybridized carbons (Fsp3) is 0.0909. The summed E-state index contributed by atoms with van der Waals surface area (Å²) in [7, 11) is 0. The van der Waals surface area contributed by atoms with Gasteiger partial charge in [-0.25, -0.2) is 9.97 Å². The summed E-state index contributed by atoms with van der Waals surface area (Å²) in [6, 6.07) is 3.67. The summed E-state index contributed by atoms with van der Waals surface area (Å²) in [5, 5.41) is 0. The van der Waals surface area contributed by atoms with Crippen LogP contribution in [0.5, 0.6) is 5.88 Å². The maximum absolute atomic E-state index is 5.58. The van der Waals surface area contributed by atoms with Gasteiger partial charge in [-0.1, -0.05) is 0 Å². The minimum Gasteiger partial charge on any atom is -0.467 e. The van der Waals surface area contributed by atoms with Gasteiger partial charge in [-0.05, 0) is 28.1 Å². The van der Waals surface area contributed by atoms with Gasteiger partial charge in [-0.15, -0.1) is 0 Å². The first kappa shape index (κ1) is 10.3. The molecule has 0 amide bonds. The predicted octanol–water partition coefficient (Wildman–Crippen LogP) is 2.66. The minimum atomic E-state index is 0.332. The fourth-order valence-electron chi connectivity index (χ4n) is 1.50. The van der Waals surface area contributed by atoms with Crippen molar-refractivity contribution in [2.75, 3.05) is 0 Å². The highest BCUT2D eigenvalue weighted by molar-refractivity contribution is 9.10. The molecule has 17 heavy (non-hydrogen) atoms. The third kappa shape index (κ3) is 2.03. The number of ether oxygens (including phenoxy) is 1. The highest BCUT2D eigenvalue weighted by atomic mass is 79.9. The van der Waals surface area contributed by atoms with Crippen molar-refractivity contribution in [1.29, 1.82) is 0 Å². The molecule has 0 aliphatic heterocycles. The van der Waals surface area contributed by atoms with Crippen molar-refractivity contribution in [1.82, 2.24) is 14.4 Å². The molecule has 86 valence electrons. The van der Waals surface area contributed by atoms with Gasteiger partial charge < -0.3 is 9.15 Å². The molecule has 0 unspecified atom stereocenters. The Morgan fingerprint density at radius 3 is 3.24 bits per heavy atom. The summed E-state index contributed by atoms with van der Waals surface area (Å²) in [5.74, 6) is 1.22. The molecule has 3 aromatic rings. The van der Waals surface area contributed by atoms with Gasteiger partial charge in [-0.3, -0.25) is 4.40 Å². The van der Waals surface area contributed by atoms with Gasteiger partial charge in [0, 0.05) is 18.6 Å². The minimum absolute atomic E-state index is 0.332. The van der Waals surface area contributed by atoms with Crippen LogP contribution in [0.4, 0.5) is 0 Å². The lowest BCUT2D eigenvalue weighted by Gasteiger charge is -2.05. The van der Waals surface area contributed by atoms with Crippen molar-refractivity contribution in [3.63, 3.8) is 0 Å². The Morgan fingerprint density at radius 1 is 1.47 bits per heavy atom. The lowest BCUT2D eigenvalue weighted by Crippen LogP contribution is -1.99. The topological polar surface area (TPSA) is 52.6 Å². The number of halogens is 1. The molecule has 3 aromatic heterocycles. The first-order chi connectivity index (χ1) is 8.33. The van der Waals surface area contributed by atoms with Crippen LogP contribution in [0, 0.1) is 0 Å². The van der Waals surface area contributed by atoms with E-state index in [1.54, 1.807) is 12.5 Å². The lowest BCUT2D eigenvalue weighted by atomic mass is 10.5. The van der Waals surface area contributed by atoms with E-state index < -0.39 is 0 Å². The van der Waals surface area contributed by atoms with E-state index in [2.05, 4.69) is 25.9 Å². The Hall–Kier alpha value is -1.82. The van der Waals surface area contributed by atoms with E-state index in [1.165, 1.54) is 0 Å². The average molecular weight is 294 g/mol. The molecule has 0 spiro atoms. The van der Waals surface area contributed by atoms with E-state index >= 15 is 0 Å². The van der Waals surface area contributed by atoms with Crippen molar-refractivity contribution in [2.24, 2.45) is 0 Å². The molecular formula is C11H8BrN3O2. The van der Waals surface area contributed by atoms with Crippen molar-refractivity contribution in [3.05, 3.63) is 47.3 Å². The standard InChI is InChI=1S/C11H8BrN3O2/c12-9-6-15-4-3-13-10(15)11(14-9)17-7-8-2-1-5-16-8/h1-6H,7H2. The zero-order valence-corrected chi connectivity index (χ0v) is 10.3. The van der Waals surface area contributed by atoms with E-state index in [-0.39, 0.29) is 0 Å². The van der Waals surface area contributed by atoms with Gasteiger partial charge in [0.15, 0.2) is 0 Å². The van der Waals surface area contributed by atoms with E-state index in [9.17, 15) is 0 Å². The highest BCUT2D eigenvalue weighted by Gasteiger charge is 2.08. The molecule has 0 aromatic carbocycles. The SMILES string of the molecule is Brc1cn2ccnc2c(OCc2ccco2)n1. The summed E-state index contributed by atoms with van der Waals surface area (Å²) in [6.07, 6.45) is 6.96. The van der Waals surface area contributed by atoms with Crippen LogP contribution in [0.2, 0.25) is 0 Å². The number of hydrogen-bond acceptors (Lipinski definition) is 4. The Balaban J connectivity index is 1.91. The van der Waals surface area contributed by atoms with Crippen LogP contribution in [-0.2, 0) is 6.61 Å². The van der Waals surface area contributed by atoms with Gasteiger partial charge in [0.05, 0.1) is 6.26 Å². The number of hydrogen-bond donors (Lipinski definition) is 0. The van der Waals surface area contributed by atoms with E-state index in [1.807, 2.05) is 28.9 Å². The van der Waals surface area contributed by atoms with Gasteiger partial charge >= 0.3 is 0 Å². The van der Waals surface area contributed by atoms with Gasteiger partial charge in [0.2, 0.25) is 5.65 Å². The van der Waals surface area contributed by atoms with Crippen molar-refractivity contribution >= 4 is 21.6 Å². The smallest absolute Gasteiger partial charge is 0.259 e. The molecule has 0 atom stereocenters. The second-order valence-corrected chi connectivity index (χ2v) is 4.21. The summed E-state index contributed by atoms with van der Waals surface area (Å²) in [6.45, 7) is 0.332. The van der Waals surface area contributed by atoms with Crippen molar-refractivity contribution in [2.45, 2.75) is 6.61 Å². The monoisotopic (exact) mass is 293 g/mol. The Morgan fingerprint density at radius 2 is 2.41 bits per heavy atom. The average Bonchev–Trinajstić information content (AvgIpc) is 2.95. The number of nitrogens with zero attached hydrogens (tertiary/aromatic N) is 3. The molecule has 0 aliphatic carbocycles. The first-order valence-electron chi connectivity index (χ1n) is 4.97. The second-order valence-electron chi connectivity index (χ2n) is 3.39. The molecule has 0 aliphatic rings. The summed E-state index contributed by atoms with van der Waals surface area (Å²) < 4.78 is 13.3. The Bertz CT molecular complexity index is 633. The number of furan rings is 1. The molecule has 3 rings (SSSR count). The molecule has 5 nitrogen and oxygen atoms in total. The van der Waals surface area contributed by atoms with Crippen LogP contribution < -0.4 is 4.74 Å². The van der Waals surface area contributed by atoms with Gasteiger partial charge in [0.25, 0.3) is 5.88 Å². The first-order valence-corrected chi connectivity index (χ1v) is 5.76. The number of rotatable bonds is 3. The number of aromatic nitrogens is 3. The highest BCUT2D eigenvalue weighted by Crippen LogP contribution is 2.20. The molecule has 3 heterocycles. The third-order valence-electron chi connectivity index (χ3n) is 2.25. The summed E-state index contributed by atoms with van der Waals surface area (Å²) >= 11 is 3.32. The molecule has 0 saturated carbocycles. The fourth-order valence-corrected chi connectivity index (χ4v) is 1.89. The molecule has 0 N–H and O–H groups in total. The number of imidazole rings is 1. The van der Waals surface area contributed by atoms with Crippen LogP contribution in [0.15, 0.2) is 46.0 Å². The maximum atomic E-state index is 5.58. The molecule has 0 fully saturated rings. The Kier molecular flexibility index (Phi) is 2.56. The maximum Gasteiger partial charge on any atom is 0.259 e. The van der Waals surface area contributed by atoms with Crippen molar-refractivity contribution in [3.8, 4) is 5.88 Å². The van der Waals surface area contributed by atoms with Crippen LogP contribution in [0.3, 0.4) is 0 Å². The number of fused-ring (bicyclic) bond motifs is 1. The van der Waals surface area contributed by atoms with E-state index in [4.69, 9.17) is 9.15 Å². The Labute approximate surface area is 105 Å². The quantitative estimate of drug-likeness (QED) is 0.745. The second kappa shape index (κ2) is 4.21. The van der Waals surface area contributed by atoms with E-state index in [0.29, 0.717) is 22.7 Å². The zero-order valence-electron chi connectivity index (χ0n) is 8.71. The third-order valence-corrected chi connectivity index (χ3v) is 2.63. The normalized spacial score (nSPS) is 10.9. The van der Waals surface area contributed by atoms with Crippen LogP contribution in [0.1, 0.15) is 5.76 Å². The lowest BCUT2D eigenvalue weighted by molar-refractivity contribution is 0.262. The van der Waals surface area contributed by atoms with Gasteiger partial charge in [0.1, 0.15) is 17.0 Å². The van der Waals surface area contributed by atoms with Gasteiger partial charge in [-0.2, -0.15) is 0 Å². The summed E-state index contributed by atoms with van der Waals surface area (Å²) in [5.41, 5.74) is 0.680. The molecule has 0 radical (unpaired) electrons. The van der Waals surface area contributed by atoms with Crippen LogP contribution in [-0.4, -0.2) is 14.4 Å². The molecule has 0 saturated heterocycles.